The van der Waals surface area contributed by atoms with Gasteiger partial charge in [0.1, 0.15) is 5.84 Å². The van der Waals surface area contributed by atoms with Gasteiger partial charge in [-0.1, -0.05) is 54.6 Å². The molecule has 1 saturated heterocycles. The Morgan fingerprint density at radius 3 is 2.00 bits per heavy atom. The van der Waals surface area contributed by atoms with Crippen LogP contribution in [0.2, 0.25) is 0 Å². The highest BCUT2D eigenvalue weighted by Crippen LogP contribution is 2.32. The van der Waals surface area contributed by atoms with Crippen LogP contribution >= 0.6 is 0 Å². The zero-order valence-corrected chi connectivity index (χ0v) is 18.4. The van der Waals surface area contributed by atoms with Crippen LogP contribution in [-0.2, 0) is 16.2 Å². The number of halogens is 3. The van der Waals surface area contributed by atoms with Crippen LogP contribution in [0.15, 0.2) is 94.2 Å². The van der Waals surface area contributed by atoms with E-state index >= 15 is 0 Å². The number of hydrogen-bond acceptors (Lipinski definition) is 3. The maximum absolute atomic E-state index is 13.1. The molecule has 0 unspecified atom stereocenters. The van der Waals surface area contributed by atoms with E-state index < -0.39 is 21.8 Å². The molecule has 3 aromatic carbocycles. The summed E-state index contributed by atoms with van der Waals surface area (Å²) in [5.74, 6) is 0.322. The Balaban J connectivity index is 1.60. The molecular formula is C24H22F3N3O2S. The predicted molar refractivity (Wildman–Crippen MR) is 122 cm³/mol. The fourth-order valence-electron chi connectivity index (χ4n) is 3.69. The Kier molecular flexibility index (Phi) is 6.42. The van der Waals surface area contributed by atoms with E-state index in [1.165, 1.54) is 18.2 Å². The van der Waals surface area contributed by atoms with Gasteiger partial charge in [-0.2, -0.15) is 21.6 Å². The molecule has 0 spiro atoms. The number of benzene rings is 3. The van der Waals surface area contributed by atoms with Crippen molar-refractivity contribution < 1.29 is 21.6 Å². The van der Waals surface area contributed by atoms with Crippen LogP contribution in [0.1, 0.15) is 11.1 Å². The molecule has 4 rings (SSSR count). The molecule has 3 aromatic rings. The van der Waals surface area contributed by atoms with Crippen molar-refractivity contribution in [3.8, 4) is 0 Å². The van der Waals surface area contributed by atoms with Gasteiger partial charge in [0, 0.05) is 37.4 Å². The molecule has 9 heteroatoms. The molecule has 0 aromatic heterocycles. The van der Waals surface area contributed by atoms with Gasteiger partial charge in [0.15, 0.2) is 0 Å². The van der Waals surface area contributed by atoms with Crippen molar-refractivity contribution in [1.82, 2.24) is 4.90 Å². The Bertz CT molecular complexity index is 1220. The quantitative estimate of drug-likeness (QED) is 0.409. The minimum Gasteiger partial charge on any atom is -0.368 e. The number of piperazine rings is 1. The van der Waals surface area contributed by atoms with E-state index in [4.69, 9.17) is 0 Å². The highest BCUT2D eigenvalue weighted by Gasteiger charge is 2.31. The first-order valence-electron chi connectivity index (χ1n) is 10.4. The summed E-state index contributed by atoms with van der Waals surface area (Å²) in [5.41, 5.74) is 0.451. The number of anilines is 1. The molecule has 0 N–H and O–H groups in total. The van der Waals surface area contributed by atoms with E-state index in [1.54, 1.807) is 48.5 Å². The van der Waals surface area contributed by atoms with Crippen molar-refractivity contribution in [2.75, 3.05) is 31.1 Å². The molecule has 0 bridgehead atoms. The number of amidine groups is 1. The molecular weight excluding hydrogens is 451 g/mol. The van der Waals surface area contributed by atoms with Crippen molar-refractivity contribution in [3.05, 3.63) is 96.1 Å². The van der Waals surface area contributed by atoms with Gasteiger partial charge < -0.3 is 9.80 Å². The molecule has 0 atom stereocenters. The van der Waals surface area contributed by atoms with Gasteiger partial charge in [-0.25, -0.2) is 0 Å². The topological polar surface area (TPSA) is 53.0 Å². The maximum atomic E-state index is 13.1. The summed E-state index contributed by atoms with van der Waals surface area (Å²) >= 11 is 0. The molecule has 33 heavy (non-hydrogen) atoms. The zero-order valence-electron chi connectivity index (χ0n) is 17.6. The molecule has 0 aliphatic carbocycles. The van der Waals surface area contributed by atoms with Crippen molar-refractivity contribution in [1.29, 1.82) is 0 Å². The lowest BCUT2D eigenvalue weighted by Crippen LogP contribution is -2.49. The summed E-state index contributed by atoms with van der Waals surface area (Å²) in [6.07, 6.45) is -4.41. The van der Waals surface area contributed by atoms with Gasteiger partial charge in [0.25, 0.3) is 10.0 Å². The third kappa shape index (κ3) is 5.36. The average Bonchev–Trinajstić information content (AvgIpc) is 2.83. The van der Waals surface area contributed by atoms with Crippen molar-refractivity contribution >= 4 is 21.5 Å². The van der Waals surface area contributed by atoms with Crippen LogP contribution in [0.3, 0.4) is 0 Å². The molecule has 1 fully saturated rings. The highest BCUT2D eigenvalue weighted by atomic mass is 32.2. The van der Waals surface area contributed by atoms with Crippen LogP contribution in [0.5, 0.6) is 0 Å². The van der Waals surface area contributed by atoms with Gasteiger partial charge >= 0.3 is 6.18 Å². The Hall–Kier alpha value is -3.33. The first-order chi connectivity index (χ1) is 15.7. The van der Waals surface area contributed by atoms with E-state index in [2.05, 4.69) is 4.40 Å². The molecule has 0 amide bonds. The minimum atomic E-state index is -4.41. The van der Waals surface area contributed by atoms with Crippen molar-refractivity contribution in [2.45, 2.75) is 11.1 Å². The predicted octanol–water partition coefficient (Wildman–Crippen LogP) is 4.66. The fourth-order valence-corrected chi connectivity index (χ4v) is 4.75. The smallest absolute Gasteiger partial charge is 0.368 e. The SMILES string of the molecule is O=S(=O)(N=C(c1ccccc1)N1CCN(c2cccc(C(F)(F)F)c2)CC1)c1ccccc1. The van der Waals surface area contributed by atoms with E-state index in [0.717, 1.165) is 12.1 Å². The molecule has 5 nitrogen and oxygen atoms in total. The van der Waals surface area contributed by atoms with E-state index in [-0.39, 0.29) is 4.90 Å². The van der Waals surface area contributed by atoms with E-state index in [9.17, 15) is 21.6 Å². The number of sulfonamides is 1. The fraction of sp³-hybridized carbons (Fsp3) is 0.208. The number of rotatable bonds is 4. The van der Waals surface area contributed by atoms with Crippen molar-refractivity contribution in [3.63, 3.8) is 0 Å². The second kappa shape index (κ2) is 9.27. The Morgan fingerprint density at radius 1 is 0.788 bits per heavy atom. The normalized spacial score (nSPS) is 15.5. The lowest BCUT2D eigenvalue weighted by molar-refractivity contribution is -0.137. The van der Waals surface area contributed by atoms with Gasteiger partial charge in [-0.05, 0) is 30.3 Å². The standard InChI is InChI=1S/C24H22F3N3O2S/c25-24(26,27)20-10-7-11-21(18-20)29-14-16-30(17-15-29)23(19-8-3-1-4-9-19)28-33(31,32)22-12-5-2-6-13-22/h1-13,18H,14-17H2. The molecule has 1 heterocycles. The monoisotopic (exact) mass is 473 g/mol. The Morgan fingerprint density at radius 2 is 1.39 bits per heavy atom. The first kappa shape index (κ1) is 22.8. The highest BCUT2D eigenvalue weighted by molar-refractivity contribution is 7.90. The molecule has 1 aliphatic heterocycles. The van der Waals surface area contributed by atoms with Crippen LogP contribution in [-0.4, -0.2) is 45.3 Å². The minimum absolute atomic E-state index is 0.0982. The lowest BCUT2D eigenvalue weighted by Gasteiger charge is -2.37. The summed E-state index contributed by atoms with van der Waals surface area (Å²) in [6, 6.07) is 22.2. The van der Waals surface area contributed by atoms with Gasteiger partial charge in [-0.15, -0.1) is 4.40 Å². The third-order valence-corrected chi connectivity index (χ3v) is 6.68. The first-order valence-corrected chi connectivity index (χ1v) is 11.8. The summed E-state index contributed by atoms with van der Waals surface area (Å²) in [5, 5.41) is 0. The van der Waals surface area contributed by atoms with Crippen LogP contribution in [0.4, 0.5) is 18.9 Å². The molecule has 1 aliphatic rings. The second-order valence-electron chi connectivity index (χ2n) is 7.59. The lowest BCUT2D eigenvalue weighted by atomic mass is 10.1. The Labute approximate surface area is 190 Å². The van der Waals surface area contributed by atoms with Crippen LogP contribution < -0.4 is 4.90 Å². The molecule has 0 saturated carbocycles. The summed E-state index contributed by atoms with van der Waals surface area (Å²) < 4.78 is 69.3. The summed E-state index contributed by atoms with van der Waals surface area (Å²) in [6.45, 7) is 1.68. The summed E-state index contributed by atoms with van der Waals surface area (Å²) in [4.78, 5) is 3.82. The van der Waals surface area contributed by atoms with Crippen molar-refractivity contribution in [2.24, 2.45) is 4.40 Å². The van der Waals surface area contributed by atoms with E-state index in [0.29, 0.717) is 43.3 Å². The molecule has 0 radical (unpaired) electrons. The maximum Gasteiger partial charge on any atom is 0.416 e. The third-order valence-electron chi connectivity index (χ3n) is 5.40. The van der Waals surface area contributed by atoms with Crippen LogP contribution in [0.25, 0.3) is 0 Å². The van der Waals surface area contributed by atoms with Gasteiger partial charge in [-0.3, -0.25) is 0 Å². The number of alkyl halides is 3. The molecule has 172 valence electrons. The van der Waals surface area contributed by atoms with Crippen LogP contribution in [0, 0.1) is 0 Å². The zero-order chi connectivity index (χ0) is 23.5. The van der Waals surface area contributed by atoms with Gasteiger partial charge in [0.05, 0.1) is 10.5 Å². The van der Waals surface area contributed by atoms with Gasteiger partial charge in [0.2, 0.25) is 0 Å². The number of hydrogen-bond donors (Lipinski definition) is 0. The summed E-state index contributed by atoms with van der Waals surface area (Å²) in [7, 11) is -3.94. The average molecular weight is 474 g/mol. The van der Waals surface area contributed by atoms with E-state index in [1.807, 2.05) is 15.9 Å². The number of nitrogens with zero attached hydrogens (tertiary/aromatic N) is 3. The second-order valence-corrected chi connectivity index (χ2v) is 9.20. The largest absolute Gasteiger partial charge is 0.416 e.